The van der Waals surface area contributed by atoms with Gasteiger partial charge in [-0.25, -0.2) is 0 Å². The van der Waals surface area contributed by atoms with E-state index in [4.69, 9.17) is 0 Å². The van der Waals surface area contributed by atoms with E-state index in [0.29, 0.717) is 10.7 Å². The molecule has 32 heavy (non-hydrogen) atoms. The molecule has 2 aromatic carbocycles. The summed E-state index contributed by atoms with van der Waals surface area (Å²) in [7, 11) is 0. The maximum absolute atomic E-state index is 12.5. The van der Waals surface area contributed by atoms with Crippen molar-refractivity contribution in [3.8, 4) is 16.9 Å². The molecular weight excluding hydrogens is 416 g/mol. The molecule has 1 N–H and O–H groups in total. The molecule has 2 fully saturated rings. The van der Waals surface area contributed by atoms with Crippen molar-refractivity contribution in [3.05, 3.63) is 58.5 Å². The van der Waals surface area contributed by atoms with Gasteiger partial charge in [0.2, 0.25) is 0 Å². The average molecular weight is 447 g/mol. The van der Waals surface area contributed by atoms with E-state index in [1.807, 2.05) is 30.3 Å². The Labute approximate surface area is 194 Å². The number of carbonyl (C=O) groups excluding carboxylic acids is 1. The van der Waals surface area contributed by atoms with Gasteiger partial charge >= 0.3 is 0 Å². The molecule has 0 radical (unpaired) electrons. The topological polar surface area (TPSA) is 52.9 Å². The van der Waals surface area contributed by atoms with Crippen LogP contribution in [-0.4, -0.2) is 34.2 Å². The first kappa shape index (κ1) is 21.3. The SMILES string of the molecule is CC1(c2cc(-c3cccc(C=C4SC(N5CCCC5)=NC4=O)c3)ccc2O)CCCCC1. The molecule has 1 aliphatic carbocycles. The lowest BCUT2D eigenvalue weighted by atomic mass is 9.70. The highest BCUT2D eigenvalue weighted by Crippen LogP contribution is 2.44. The van der Waals surface area contributed by atoms with Crippen LogP contribution in [0.2, 0.25) is 0 Å². The summed E-state index contributed by atoms with van der Waals surface area (Å²) < 4.78 is 0. The lowest BCUT2D eigenvalue weighted by Gasteiger charge is -2.34. The summed E-state index contributed by atoms with van der Waals surface area (Å²) in [4.78, 5) is 19.6. The van der Waals surface area contributed by atoms with Crippen molar-refractivity contribution in [2.45, 2.75) is 57.3 Å². The van der Waals surface area contributed by atoms with Crippen LogP contribution in [0.5, 0.6) is 5.75 Å². The number of aliphatic imine (C=N–C) groups is 1. The van der Waals surface area contributed by atoms with Crippen molar-refractivity contribution >= 4 is 28.9 Å². The summed E-state index contributed by atoms with van der Waals surface area (Å²) in [5.74, 6) is 0.260. The van der Waals surface area contributed by atoms with Crippen LogP contribution in [-0.2, 0) is 10.2 Å². The van der Waals surface area contributed by atoms with Crippen LogP contribution in [0.4, 0.5) is 0 Å². The van der Waals surface area contributed by atoms with Gasteiger partial charge in [0.1, 0.15) is 5.75 Å². The zero-order chi connectivity index (χ0) is 22.1. The molecule has 1 amide bonds. The number of amidine groups is 1. The number of carbonyl (C=O) groups is 1. The molecule has 5 rings (SSSR count). The Hall–Kier alpha value is -2.53. The number of likely N-dealkylation sites (tertiary alicyclic amines) is 1. The van der Waals surface area contributed by atoms with Crippen LogP contribution in [0.15, 0.2) is 52.4 Å². The first-order chi connectivity index (χ1) is 15.5. The van der Waals surface area contributed by atoms with Gasteiger partial charge in [-0.15, -0.1) is 0 Å². The first-order valence-electron chi connectivity index (χ1n) is 11.7. The highest BCUT2D eigenvalue weighted by Gasteiger charge is 2.31. The standard InChI is InChI=1S/C27H30N2O2S/c1-27(12-3-2-4-13-27)22-18-21(10-11-23(22)30)20-9-7-8-19(16-20)17-24-25(31)28-26(32-24)29-14-5-6-15-29/h7-11,16-18,30H,2-6,12-15H2,1H3. The van der Waals surface area contributed by atoms with Gasteiger partial charge in [-0.2, -0.15) is 4.99 Å². The molecule has 1 saturated carbocycles. The summed E-state index contributed by atoms with van der Waals surface area (Å²) in [6, 6.07) is 14.3. The number of phenolic OH excluding ortho intramolecular Hbond substituents is 1. The molecule has 3 aliphatic rings. The lowest BCUT2D eigenvalue weighted by Crippen LogP contribution is -2.25. The third-order valence-electron chi connectivity index (χ3n) is 7.11. The van der Waals surface area contributed by atoms with Gasteiger partial charge in [-0.05, 0) is 83.8 Å². The van der Waals surface area contributed by atoms with E-state index >= 15 is 0 Å². The monoisotopic (exact) mass is 446 g/mol. The summed E-state index contributed by atoms with van der Waals surface area (Å²) in [6.07, 6.45) is 10.3. The second kappa shape index (κ2) is 8.78. The lowest BCUT2D eigenvalue weighted by molar-refractivity contribution is -0.113. The molecule has 4 nitrogen and oxygen atoms in total. The van der Waals surface area contributed by atoms with Gasteiger partial charge in [0.05, 0.1) is 4.91 Å². The Kier molecular flexibility index (Phi) is 5.85. The second-order valence-corrected chi connectivity index (χ2v) is 10.5. The summed E-state index contributed by atoms with van der Waals surface area (Å²) in [6.45, 7) is 4.26. The predicted octanol–water partition coefficient (Wildman–Crippen LogP) is 6.35. The Morgan fingerprint density at radius 1 is 1.00 bits per heavy atom. The van der Waals surface area contributed by atoms with Crippen LogP contribution in [0.25, 0.3) is 17.2 Å². The first-order valence-corrected chi connectivity index (χ1v) is 12.5. The zero-order valence-electron chi connectivity index (χ0n) is 18.6. The number of rotatable bonds is 3. The Morgan fingerprint density at radius 2 is 1.75 bits per heavy atom. The van der Waals surface area contributed by atoms with Gasteiger partial charge in [0, 0.05) is 18.7 Å². The maximum Gasteiger partial charge on any atom is 0.286 e. The number of aromatic hydroxyl groups is 1. The summed E-state index contributed by atoms with van der Waals surface area (Å²) in [5, 5.41) is 11.5. The quantitative estimate of drug-likeness (QED) is 0.559. The largest absolute Gasteiger partial charge is 0.508 e. The van der Waals surface area contributed by atoms with E-state index < -0.39 is 0 Å². The molecular formula is C27H30N2O2S. The number of hydrogen-bond acceptors (Lipinski definition) is 4. The Balaban J connectivity index is 1.41. The fourth-order valence-corrected chi connectivity index (χ4v) is 6.17. The smallest absolute Gasteiger partial charge is 0.286 e. The van der Waals surface area contributed by atoms with Gasteiger partial charge in [0.25, 0.3) is 5.91 Å². The average Bonchev–Trinajstić information content (AvgIpc) is 3.45. The molecule has 2 heterocycles. The fraction of sp³-hybridized carbons (Fsp3) is 0.407. The Bertz CT molecular complexity index is 1090. The van der Waals surface area contributed by atoms with Crippen LogP contribution >= 0.6 is 11.8 Å². The number of nitrogens with zero attached hydrogens (tertiary/aromatic N) is 2. The molecule has 5 heteroatoms. The third-order valence-corrected chi connectivity index (χ3v) is 8.15. The highest BCUT2D eigenvalue weighted by atomic mass is 32.2. The van der Waals surface area contributed by atoms with Crippen LogP contribution < -0.4 is 0 Å². The van der Waals surface area contributed by atoms with Crippen LogP contribution in [0.1, 0.15) is 63.0 Å². The van der Waals surface area contributed by atoms with Crippen LogP contribution in [0, 0.1) is 0 Å². The second-order valence-electron chi connectivity index (χ2n) is 9.48. The third kappa shape index (κ3) is 4.23. The van der Waals surface area contributed by atoms with E-state index in [0.717, 1.165) is 53.4 Å². The number of hydrogen-bond donors (Lipinski definition) is 1. The minimum atomic E-state index is -0.139. The normalized spacial score (nSPS) is 21.9. The number of benzene rings is 2. The molecule has 0 bridgehead atoms. The van der Waals surface area contributed by atoms with E-state index in [1.165, 1.54) is 43.9 Å². The van der Waals surface area contributed by atoms with Crippen molar-refractivity contribution in [2.75, 3.05) is 13.1 Å². The molecule has 166 valence electrons. The molecule has 1 saturated heterocycles. The van der Waals surface area contributed by atoms with Gasteiger partial charge in [-0.1, -0.05) is 50.5 Å². The molecule has 0 aromatic heterocycles. The fourth-order valence-electron chi connectivity index (χ4n) is 5.20. The van der Waals surface area contributed by atoms with E-state index in [2.05, 4.69) is 35.0 Å². The number of phenols is 1. The van der Waals surface area contributed by atoms with E-state index in [1.54, 1.807) is 0 Å². The molecule has 2 aliphatic heterocycles. The molecule has 0 spiro atoms. The van der Waals surface area contributed by atoms with Crippen molar-refractivity contribution in [3.63, 3.8) is 0 Å². The van der Waals surface area contributed by atoms with Crippen molar-refractivity contribution in [2.24, 2.45) is 4.99 Å². The molecule has 2 aromatic rings. The summed E-state index contributed by atoms with van der Waals surface area (Å²) >= 11 is 1.49. The zero-order valence-corrected chi connectivity index (χ0v) is 19.5. The molecule has 0 unspecified atom stereocenters. The summed E-state index contributed by atoms with van der Waals surface area (Å²) in [5.41, 5.74) is 4.28. The van der Waals surface area contributed by atoms with Crippen LogP contribution in [0.3, 0.4) is 0 Å². The minimum absolute atomic E-state index is 0.0359. The molecule has 0 atom stereocenters. The van der Waals surface area contributed by atoms with Crippen molar-refractivity contribution in [1.82, 2.24) is 4.90 Å². The predicted molar refractivity (Wildman–Crippen MR) is 133 cm³/mol. The van der Waals surface area contributed by atoms with Gasteiger partial charge in [-0.3, -0.25) is 4.79 Å². The van der Waals surface area contributed by atoms with Crippen molar-refractivity contribution in [1.29, 1.82) is 0 Å². The van der Waals surface area contributed by atoms with Gasteiger partial charge < -0.3 is 10.0 Å². The van der Waals surface area contributed by atoms with E-state index in [9.17, 15) is 9.90 Å². The van der Waals surface area contributed by atoms with E-state index in [-0.39, 0.29) is 11.3 Å². The highest BCUT2D eigenvalue weighted by molar-refractivity contribution is 8.18. The number of thioether (sulfide) groups is 1. The number of amides is 1. The maximum atomic E-state index is 12.5. The Morgan fingerprint density at radius 3 is 2.53 bits per heavy atom. The minimum Gasteiger partial charge on any atom is -0.508 e. The van der Waals surface area contributed by atoms with Crippen molar-refractivity contribution < 1.29 is 9.90 Å². The van der Waals surface area contributed by atoms with Gasteiger partial charge in [0.15, 0.2) is 5.17 Å².